The van der Waals surface area contributed by atoms with Crippen molar-refractivity contribution in [3.05, 3.63) is 28.8 Å². The number of aryl methyl sites for hydroxylation is 2. The molecule has 0 fully saturated rings. The number of hydrogen-bond donors (Lipinski definition) is 4. The molecule has 0 spiro atoms. The summed E-state index contributed by atoms with van der Waals surface area (Å²) in [6.45, 7) is 10.9. The maximum atomic E-state index is 12.6. The maximum Gasteiger partial charge on any atom is 0.328 e. The van der Waals surface area contributed by atoms with Crippen molar-refractivity contribution in [3.63, 3.8) is 0 Å². The number of nitrogens with two attached hydrogens (primary N) is 1. The quantitative estimate of drug-likeness (QED) is 0.145. The van der Waals surface area contributed by atoms with Crippen LogP contribution in [0.3, 0.4) is 0 Å². The first-order valence-electron chi connectivity index (χ1n) is 11.1. The molecule has 0 bridgehead atoms. The minimum atomic E-state index is -4.08. The number of hydrogen-bond acceptors (Lipinski definition) is 7. The standard InChI is InChI=1S/C23H37N3O7S/c1-14(2)21(24)22(29)33-17-11-15(3)10-16(4)20(17)23(5,6)12-18(27)26-13-19(28)25-8-7-9-34(30,31)32/h10-11,14,21H,7-9,12-13,24H2,1-6H3,(H,25,28)(H,26,27)(H,30,31,32)/t21-/m0/s1. The van der Waals surface area contributed by atoms with Crippen LogP contribution in [0.4, 0.5) is 0 Å². The molecule has 5 N–H and O–H groups in total. The van der Waals surface area contributed by atoms with Gasteiger partial charge in [-0.05, 0) is 43.4 Å². The molecule has 0 aromatic heterocycles. The molecule has 2 amide bonds. The number of benzene rings is 1. The Kier molecular flexibility index (Phi) is 10.7. The second-order valence-corrected chi connectivity index (χ2v) is 11.0. The molecule has 0 saturated heterocycles. The highest BCUT2D eigenvalue weighted by atomic mass is 32.2. The number of carbonyl (C=O) groups is 3. The van der Waals surface area contributed by atoms with E-state index in [9.17, 15) is 22.8 Å². The molecule has 1 rings (SSSR count). The van der Waals surface area contributed by atoms with E-state index in [4.69, 9.17) is 15.0 Å². The summed E-state index contributed by atoms with van der Waals surface area (Å²) in [6, 6.07) is 2.90. The molecule has 1 atom stereocenters. The Morgan fingerprint density at radius 2 is 1.74 bits per heavy atom. The molecule has 0 unspecified atom stereocenters. The van der Waals surface area contributed by atoms with Crippen LogP contribution in [0, 0.1) is 19.8 Å². The fourth-order valence-electron chi connectivity index (χ4n) is 3.60. The molecule has 10 nitrogen and oxygen atoms in total. The fourth-order valence-corrected chi connectivity index (χ4v) is 4.11. The third-order valence-corrected chi connectivity index (χ3v) is 6.08. The van der Waals surface area contributed by atoms with E-state index in [1.807, 2.05) is 47.6 Å². The monoisotopic (exact) mass is 499 g/mol. The van der Waals surface area contributed by atoms with Gasteiger partial charge in [0.25, 0.3) is 10.1 Å². The molecule has 0 aliphatic rings. The van der Waals surface area contributed by atoms with E-state index in [1.165, 1.54) is 0 Å². The van der Waals surface area contributed by atoms with Crippen molar-refractivity contribution in [2.75, 3.05) is 18.8 Å². The summed E-state index contributed by atoms with van der Waals surface area (Å²) in [6.07, 6.45) is 0.0773. The van der Waals surface area contributed by atoms with Gasteiger partial charge in [-0.25, -0.2) is 4.79 Å². The third-order valence-electron chi connectivity index (χ3n) is 5.27. The number of rotatable bonds is 12. The molecule has 0 heterocycles. The largest absolute Gasteiger partial charge is 0.425 e. The van der Waals surface area contributed by atoms with Crippen LogP contribution in [0.2, 0.25) is 0 Å². The highest BCUT2D eigenvalue weighted by Gasteiger charge is 2.31. The molecule has 0 aliphatic carbocycles. The Morgan fingerprint density at radius 3 is 2.29 bits per heavy atom. The maximum absolute atomic E-state index is 12.6. The topological polar surface area (TPSA) is 165 Å². The lowest BCUT2D eigenvalue weighted by molar-refractivity contribution is -0.136. The van der Waals surface area contributed by atoms with E-state index < -0.39 is 39.2 Å². The highest BCUT2D eigenvalue weighted by Crippen LogP contribution is 2.38. The van der Waals surface area contributed by atoms with Gasteiger partial charge in [-0.1, -0.05) is 33.8 Å². The fraction of sp³-hybridized carbons (Fsp3) is 0.609. The number of amides is 2. The van der Waals surface area contributed by atoms with Crippen LogP contribution in [0.5, 0.6) is 5.75 Å². The van der Waals surface area contributed by atoms with Crippen molar-refractivity contribution in [1.29, 1.82) is 0 Å². The minimum absolute atomic E-state index is 0.0215. The Labute approximate surface area is 201 Å². The summed E-state index contributed by atoms with van der Waals surface area (Å²) in [4.78, 5) is 37.0. The number of nitrogens with one attached hydrogen (secondary N) is 2. The van der Waals surface area contributed by atoms with Crippen molar-refractivity contribution in [2.45, 2.75) is 65.8 Å². The zero-order valence-electron chi connectivity index (χ0n) is 20.7. The first-order chi connectivity index (χ1) is 15.5. The second kappa shape index (κ2) is 12.3. The van der Waals surface area contributed by atoms with Gasteiger partial charge in [-0.15, -0.1) is 0 Å². The lowest BCUT2D eigenvalue weighted by Crippen LogP contribution is -2.40. The predicted octanol–water partition coefficient (Wildman–Crippen LogP) is 1.37. The van der Waals surface area contributed by atoms with Gasteiger partial charge < -0.3 is 21.1 Å². The van der Waals surface area contributed by atoms with E-state index in [1.54, 1.807) is 6.07 Å². The zero-order valence-corrected chi connectivity index (χ0v) is 21.5. The third kappa shape index (κ3) is 9.78. The van der Waals surface area contributed by atoms with E-state index >= 15 is 0 Å². The van der Waals surface area contributed by atoms with Crippen molar-refractivity contribution in [2.24, 2.45) is 11.7 Å². The van der Waals surface area contributed by atoms with Gasteiger partial charge in [-0.2, -0.15) is 8.42 Å². The van der Waals surface area contributed by atoms with Gasteiger partial charge in [0.05, 0.1) is 12.3 Å². The number of ether oxygens (including phenoxy) is 1. The molecule has 1 aromatic carbocycles. The number of esters is 1. The smallest absolute Gasteiger partial charge is 0.328 e. The Morgan fingerprint density at radius 1 is 1.12 bits per heavy atom. The molecular weight excluding hydrogens is 462 g/mol. The Hall–Kier alpha value is -2.50. The van der Waals surface area contributed by atoms with Crippen LogP contribution in [0.25, 0.3) is 0 Å². The van der Waals surface area contributed by atoms with Gasteiger partial charge in [0, 0.05) is 23.9 Å². The van der Waals surface area contributed by atoms with Gasteiger partial charge in [0.1, 0.15) is 11.8 Å². The summed E-state index contributed by atoms with van der Waals surface area (Å²) in [7, 11) is -4.08. The van der Waals surface area contributed by atoms with Gasteiger partial charge in [0.2, 0.25) is 11.8 Å². The van der Waals surface area contributed by atoms with Crippen LogP contribution >= 0.6 is 0 Å². The summed E-state index contributed by atoms with van der Waals surface area (Å²) in [5.74, 6) is -1.61. The first kappa shape index (κ1) is 29.5. The second-order valence-electron chi connectivity index (χ2n) is 9.47. The normalized spacial score (nSPS) is 12.9. The Bertz CT molecular complexity index is 1000. The van der Waals surface area contributed by atoms with Gasteiger partial charge >= 0.3 is 5.97 Å². The predicted molar refractivity (Wildman–Crippen MR) is 129 cm³/mol. The highest BCUT2D eigenvalue weighted by molar-refractivity contribution is 7.85. The lowest BCUT2D eigenvalue weighted by Gasteiger charge is -2.29. The molecule has 34 heavy (non-hydrogen) atoms. The van der Waals surface area contributed by atoms with Crippen molar-refractivity contribution in [1.82, 2.24) is 10.6 Å². The SMILES string of the molecule is Cc1cc(C)c(C(C)(C)CC(=O)NCC(=O)NCCCS(=O)(=O)O)c(OC(=O)[C@@H](N)C(C)C)c1. The Balaban J connectivity index is 2.84. The summed E-state index contributed by atoms with van der Waals surface area (Å²) < 4.78 is 35.7. The molecular formula is C23H37N3O7S. The van der Waals surface area contributed by atoms with E-state index in [0.29, 0.717) is 11.3 Å². The van der Waals surface area contributed by atoms with Crippen molar-refractivity contribution in [3.8, 4) is 5.75 Å². The molecule has 0 radical (unpaired) electrons. The van der Waals surface area contributed by atoms with Crippen LogP contribution in [-0.4, -0.2) is 55.6 Å². The summed E-state index contributed by atoms with van der Waals surface area (Å²) in [5.41, 5.74) is 7.66. The average Bonchev–Trinajstić information content (AvgIpc) is 2.67. The average molecular weight is 500 g/mol. The minimum Gasteiger partial charge on any atom is -0.425 e. The van der Waals surface area contributed by atoms with Crippen LogP contribution < -0.4 is 21.1 Å². The summed E-state index contributed by atoms with van der Waals surface area (Å²) in [5, 5.41) is 5.02. The van der Waals surface area contributed by atoms with Crippen LogP contribution in [-0.2, 0) is 29.9 Å². The van der Waals surface area contributed by atoms with E-state index in [0.717, 1.165) is 11.1 Å². The first-order valence-corrected chi connectivity index (χ1v) is 12.7. The number of carbonyl (C=O) groups excluding carboxylic acids is 3. The van der Waals surface area contributed by atoms with Crippen molar-refractivity contribution >= 4 is 27.9 Å². The summed E-state index contributed by atoms with van der Waals surface area (Å²) >= 11 is 0. The van der Waals surface area contributed by atoms with Crippen LogP contribution in [0.1, 0.15) is 57.2 Å². The van der Waals surface area contributed by atoms with Gasteiger partial charge in [0.15, 0.2) is 0 Å². The molecule has 0 saturated carbocycles. The molecule has 0 aliphatic heterocycles. The molecule has 192 valence electrons. The zero-order chi connectivity index (χ0) is 26.3. The van der Waals surface area contributed by atoms with Crippen LogP contribution in [0.15, 0.2) is 12.1 Å². The van der Waals surface area contributed by atoms with E-state index in [2.05, 4.69) is 10.6 Å². The molecule has 11 heteroatoms. The molecule has 1 aromatic rings. The lowest BCUT2D eigenvalue weighted by atomic mass is 9.78. The van der Waals surface area contributed by atoms with E-state index in [-0.39, 0.29) is 37.8 Å². The van der Waals surface area contributed by atoms with Gasteiger partial charge in [-0.3, -0.25) is 14.1 Å². The van der Waals surface area contributed by atoms with Crippen molar-refractivity contribution < 1.29 is 32.1 Å².